The molecular weight excluding hydrogens is 290 g/mol. The molecule has 0 saturated heterocycles. The number of rotatable bonds is 8. The predicted molar refractivity (Wildman–Crippen MR) is 80.8 cm³/mol. The molecule has 0 aliphatic carbocycles. The highest BCUT2D eigenvalue weighted by Gasteiger charge is 2.23. The summed E-state index contributed by atoms with van der Waals surface area (Å²) in [5.41, 5.74) is 0.500. The van der Waals surface area contributed by atoms with Gasteiger partial charge in [-0.05, 0) is 43.8 Å². The first-order valence-corrected chi connectivity index (χ1v) is 6.73. The van der Waals surface area contributed by atoms with Crippen LogP contribution in [0.25, 0.3) is 6.08 Å². The topological polar surface area (TPSA) is 119 Å². The van der Waals surface area contributed by atoms with Gasteiger partial charge in [0.25, 0.3) is 0 Å². The number of nitrogens with one attached hydrogen (secondary N) is 1. The third-order valence-corrected chi connectivity index (χ3v) is 3.14. The van der Waals surface area contributed by atoms with Gasteiger partial charge in [-0.1, -0.05) is 0 Å². The van der Waals surface area contributed by atoms with Crippen LogP contribution in [0.1, 0.15) is 23.7 Å². The smallest absolute Gasteiger partial charge is 0.328 e. The second-order valence-electron chi connectivity index (χ2n) is 4.74. The number of ether oxygens (including phenoxy) is 1. The highest BCUT2D eigenvalue weighted by molar-refractivity contribution is 5.85. The highest BCUT2D eigenvalue weighted by atomic mass is 16.5. The Labute approximate surface area is 128 Å². The van der Waals surface area contributed by atoms with Crippen molar-refractivity contribution < 1.29 is 30.0 Å². The minimum atomic E-state index is -1.32. The van der Waals surface area contributed by atoms with Crippen molar-refractivity contribution in [1.82, 2.24) is 5.32 Å². The molecule has 0 saturated carbocycles. The summed E-state index contributed by atoms with van der Waals surface area (Å²) in [6.45, 7) is 0.495. The summed E-state index contributed by atoms with van der Waals surface area (Å²) in [6, 6.07) is 2.84. The maximum Gasteiger partial charge on any atom is 0.328 e. The van der Waals surface area contributed by atoms with Crippen molar-refractivity contribution >= 4 is 12.0 Å². The lowest BCUT2D eigenvalue weighted by Gasteiger charge is -2.20. The number of methoxy groups -OCH3 is 1. The van der Waals surface area contributed by atoms with E-state index in [9.17, 15) is 20.1 Å². The van der Waals surface area contributed by atoms with Crippen molar-refractivity contribution in [2.75, 3.05) is 20.7 Å². The molecule has 2 unspecified atom stereocenters. The Morgan fingerprint density at radius 1 is 1.41 bits per heavy atom. The number of hydrogen-bond acceptors (Lipinski definition) is 6. The number of benzene rings is 1. The van der Waals surface area contributed by atoms with E-state index in [1.54, 1.807) is 7.05 Å². The van der Waals surface area contributed by atoms with Crippen molar-refractivity contribution in [2.24, 2.45) is 0 Å². The molecule has 0 aliphatic rings. The lowest BCUT2D eigenvalue weighted by molar-refractivity contribution is -0.131. The van der Waals surface area contributed by atoms with Crippen LogP contribution in [-0.4, -0.2) is 53.2 Å². The molecule has 0 aromatic heterocycles. The lowest BCUT2D eigenvalue weighted by Crippen LogP contribution is -2.23. The second-order valence-corrected chi connectivity index (χ2v) is 4.74. The van der Waals surface area contributed by atoms with Crippen molar-refractivity contribution in [2.45, 2.75) is 18.6 Å². The number of phenolic OH excluding ortho intramolecular Hbond substituents is 1. The number of aliphatic carboxylic acids is 1. The Balaban J connectivity index is 3.15. The van der Waals surface area contributed by atoms with Gasteiger partial charge in [0, 0.05) is 11.6 Å². The van der Waals surface area contributed by atoms with Crippen LogP contribution in [0.3, 0.4) is 0 Å². The zero-order valence-electron chi connectivity index (χ0n) is 12.5. The van der Waals surface area contributed by atoms with Gasteiger partial charge in [0.1, 0.15) is 6.10 Å². The summed E-state index contributed by atoms with van der Waals surface area (Å²) in [6.07, 6.45) is 0.122. The van der Waals surface area contributed by atoms with Gasteiger partial charge in [0.2, 0.25) is 0 Å². The molecule has 5 N–H and O–H groups in total. The zero-order chi connectivity index (χ0) is 16.7. The van der Waals surface area contributed by atoms with E-state index in [0.29, 0.717) is 12.1 Å². The number of aliphatic hydroxyl groups is 2. The normalized spacial score (nSPS) is 14.0. The third kappa shape index (κ3) is 4.73. The monoisotopic (exact) mass is 311 g/mol. The standard InChI is InChI=1S/C15H21NO6/c1-16-6-5-11(17)14(20)10-7-9(3-4-13(18)19)8-12(22-2)15(10)21/h3-4,7-8,11,14,16-17,20-21H,5-6H2,1-2H3,(H,18,19). The summed E-state index contributed by atoms with van der Waals surface area (Å²) in [5.74, 6) is -1.32. The molecule has 22 heavy (non-hydrogen) atoms. The number of hydrogen-bond donors (Lipinski definition) is 5. The van der Waals surface area contributed by atoms with Crippen LogP contribution in [0.15, 0.2) is 18.2 Å². The fourth-order valence-electron chi connectivity index (χ4n) is 1.95. The van der Waals surface area contributed by atoms with Crippen molar-refractivity contribution in [3.05, 3.63) is 29.3 Å². The Morgan fingerprint density at radius 3 is 2.64 bits per heavy atom. The van der Waals surface area contributed by atoms with Crippen molar-refractivity contribution in [3.63, 3.8) is 0 Å². The van der Waals surface area contributed by atoms with Crippen molar-refractivity contribution in [1.29, 1.82) is 0 Å². The Bertz CT molecular complexity index is 543. The van der Waals surface area contributed by atoms with Gasteiger partial charge in [0.05, 0.1) is 13.2 Å². The zero-order valence-corrected chi connectivity index (χ0v) is 12.5. The maximum absolute atomic E-state index is 10.6. The highest BCUT2D eigenvalue weighted by Crippen LogP contribution is 2.37. The number of carbonyl (C=O) groups is 1. The molecule has 1 aromatic rings. The van der Waals surface area contributed by atoms with Gasteiger partial charge in [-0.2, -0.15) is 0 Å². The number of aromatic hydroxyl groups is 1. The van der Waals surface area contributed by atoms with Gasteiger partial charge in [-0.15, -0.1) is 0 Å². The molecule has 2 atom stereocenters. The number of carboxylic acids is 1. The molecule has 1 aromatic carbocycles. The van der Waals surface area contributed by atoms with E-state index in [2.05, 4.69) is 5.32 Å². The van der Waals surface area contributed by atoms with Crippen molar-refractivity contribution in [3.8, 4) is 11.5 Å². The molecule has 122 valence electrons. The van der Waals surface area contributed by atoms with Gasteiger partial charge < -0.3 is 30.5 Å². The van der Waals surface area contributed by atoms with E-state index < -0.39 is 18.2 Å². The van der Waals surface area contributed by atoms with Crippen LogP contribution >= 0.6 is 0 Å². The molecule has 7 nitrogen and oxygen atoms in total. The largest absolute Gasteiger partial charge is 0.504 e. The van der Waals surface area contributed by atoms with Gasteiger partial charge in [-0.25, -0.2) is 4.79 Å². The van der Waals surface area contributed by atoms with Crippen LogP contribution in [0, 0.1) is 0 Å². The van der Waals surface area contributed by atoms with E-state index in [1.165, 1.54) is 25.3 Å². The number of aliphatic hydroxyl groups excluding tert-OH is 2. The lowest BCUT2D eigenvalue weighted by atomic mass is 9.98. The molecular formula is C15H21NO6. The molecule has 0 radical (unpaired) electrons. The fourth-order valence-corrected chi connectivity index (χ4v) is 1.95. The summed E-state index contributed by atoms with van der Waals surface area (Å²) in [7, 11) is 3.06. The van der Waals surface area contributed by atoms with E-state index in [-0.39, 0.29) is 23.5 Å². The fraction of sp³-hybridized carbons (Fsp3) is 0.400. The van der Waals surface area contributed by atoms with E-state index in [1.807, 2.05) is 0 Å². The van der Waals surface area contributed by atoms with E-state index in [0.717, 1.165) is 6.08 Å². The third-order valence-electron chi connectivity index (χ3n) is 3.14. The quantitative estimate of drug-likeness (QED) is 0.444. The summed E-state index contributed by atoms with van der Waals surface area (Å²) in [4.78, 5) is 10.6. The van der Waals surface area contributed by atoms with Crippen LogP contribution in [0.5, 0.6) is 11.5 Å². The maximum atomic E-state index is 10.6. The summed E-state index contributed by atoms with van der Waals surface area (Å²) < 4.78 is 5.01. The second kappa shape index (κ2) is 8.38. The molecule has 0 spiro atoms. The average molecular weight is 311 g/mol. The molecule has 0 fully saturated rings. The first kappa shape index (κ1) is 18.0. The Morgan fingerprint density at radius 2 is 2.09 bits per heavy atom. The Hall–Kier alpha value is -2.09. The molecule has 0 heterocycles. The SMILES string of the molecule is CNCCC(O)C(O)c1cc(C=CC(=O)O)cc(OC)c1O. The first-order chi connectivity index (χ1) is 10.4. The minimum Gasteiger partial charge on any atom is -0.504 e. The van der Waals surface area contributed by atoms with E-state index >= 15 is 0 Å². The molecule has 0 amide bonds. The average Bonchev–Trinajstić information content (AvgIpc) is 2.50. The predicted octanol–water partition coefficient (Wildman–Crippen LogP) is 0.502. The van der Waals surface area contributed by atoms with Crippen LogP contribution in [0.2, 0.25) is 0 Å². The molecule has 1 rings (SSSR count). The Kier molecular flexibility index (Phi) is 6.84. The van der Waals surface area contributed by atoms with E-state index in [4.69, 9.17) is 9.84 Å². The molecule has 0 bridgehead atoms. The van der Waals surface area contributed by atoms with Gasteiger partial charge >= 0.3 is 5.97 Å². The summed E-state index contributed by atoms with van der Waals surface area (Å²) >= 11 is 0. The van der Waals surface area contributed by atoms with Crippen LogP contribution in [0.4, 0.5) is 0 Å². The number of phenols is 1. The molecule has 0 aliphatic heterocycles. The van der Waals surface area contributed by atoms with Gasteiger partial charge in [-0.3, -0.25) is 0 Å². The van der Waals surface area contributed by atoms with Gasteiger partial charge in [0.15, 0.2) is 11.5 Å². The summed E-state index contributed by atoms with van der Waals surface area (Å²) in [5, 5.41) is 41.7. The van der Waals surface area contributed by atoms with Crippen LogP contribution < -0.4 is 10.1 Å². The number of carboxylic acid groups (broad SMARTS) is 1. The molecule has 7 heteroatoms. The minimum absolute atomic E-state index is 0.0768. The first-order valence-electron chi connectivity index (χ1n) is 6.73. The van der Waals surface area contributed by atoms with Crippen LogP contribution in [-0.2, 0) is 4.79 Å².